The lowest BCUT2D eigenvalue weighted by Gasteiger charge is -2.08. The first-order valence-corrected chi connectivity index (χ1v) is 5.19. The summed E-state index contributed by atoms with van der Waals surface area (Å²) in [5, 5.41) is 6.56. The number of aryl methyl sites for hydroxylation is 2. The lowest BCUT2D eigenvalue weighted by atomic mass is 10.1. The van der Waals surface area contributed by atoms with Crippen molar-refractivity contribution in [1.82, 2.24) is 5.32 Å². The van der Waals surface area contributed by atoms with Crippen molar-refractivity contribution in [3.63, 3.8) is 0 Å². The Morgan fingerprint density at radius 1 is 1.00 bits per heavy atom. The topological polar surface area (TPSA) is 24.1 Å². The molecule has 0 bridgehead atoms. The predicted molar refractivity (Wildman–Crippen MR) is 62.9 cm³/mol. The van der Waals surface area contributed by atoms with E-state index < -0.39 is 0 Å². The van der Waals surface area contributed by atoms with Crippen LogP contribution in [-0.2, 0) is 0 Å². The van der Waals surface area contributed by atoms with Crippen LogP contribution in [0.3, 0.4) is 0 Å². The van der Waals surface area contributed by atoms with Gasteiger partial charge in [0.25, 0.3) is 0 Å². The van der Waals surface area contributed by atoms with E-state index in [2.05, 4.69) is 42.7 Å². The van der Waals surface area contributed by atoms with Crippen molar-refractivity contribution >= 4 is 5.69 Å². The van der Waals surface area contributed by atoms with Gasteiger partial charge in [0, 0.05) is 12.2 Å². The summed E-state index contributed by atoms with van der Waals surface area (Å²) in [6, 6.07) is 6.57. The van der Waals surface area contributed by atoms with Crippen LogP contribution in [0.4, 0.5) is 5.69 Å². The van der Waals surface area contributed by atoms with Crippen LogP contribution in [0, 0.1) is 13.8 Å². The van der Waals surface area contributed by atoms with Gasteiger partial charge in [0.1, 0.15) is 0 Å². The van der Waals surface area contributed by atoms with E-state index in [1.807, 2.05) is 7.05 Å². The Hall–Kier alpha value is -1.02. The lowest BCUT2D eigenvalue weighted by molar-refractivity contribution is 0.748. The second-order valence-electron chi connectivity index (χ2n) is 3.76. The van der Waals surface area contributed by atoms with Gasteiger partial charge in [-0.05, 0) is 57.1 Å². The molecule has 0 saturated heterocycles. The van der Waals surface area contributed by atoms with Gasteiger partial charge in [0.05, 0.1) is 0 Å². The van der Waals surface area contributed by atoms with Gasteiger partial charge in [0.15, 0.2) is 0 Å². The lowest BCUT2D eigenvalue weighted by Crippen LogP contribution is -2.12. The summed E-state index contributed by atoms with van der Waals surface area (Å²) in [6.07, 6.45) is 1.16. The van der Waals surface area contributed by atoms with Crippen LogP contribution in [0.25, 0.3) is 0 Å². The SMILES string of the molecule is CNCCCNc1cc(C)cc(C)c1. The molecule has 1 aromatic rings. The molecule has 78 valence electrons. The number of benzene rings is 1. The first-order valence-electron chi connectivity index (χ1n) is 5.19. The highest BCUT2D eigenvalue weighted by molar-refractivity contribution is 5.48. The smallest absolute Gasteiger partial charge is 0.0345 e. The number of hydrogen-bond donors (Lipinski definition) is 2. The second kappa shape index (κ2) is 5.66. The summed E-state index contributed by atoms with van der Waals surface area (Å²) in [5.41, 5.74) is 3.88. The Labute approximate surface area is 86.7 Å². The van der Waals surface area contributed by atoms with E-state index in [1.165, 1.54) is 16.8 Å². The van der Waals surface area contributed by atoms with Gasteiger partial charge in [0.2, 0.25) is 0 Å². The summed E-state index contributed by atoms with van der Waals surface area (Å²) >= 11 is 0. The van der Waals surface area contributed by atoms with Crippen LogP contribution in [0.2, 0.25) is 0 Å². The Kier molecular flexibility index (Phi) is 4.47. The maximum Gasteiger partial charge on any atom is 0.0345 e. The molecular formula is C12H20N2. The molecule has 0 heterocycles. The van der Waals surface area contributed by atoms with E-state index in [4.69, 9.17) is 0 Å². The second-order valence-corrected chi connectivity index (χ2v) is 3.76. The molecule has 0 aliphatic carbocycles. The molecule has 2 heteroatoms. The minimum atomic E-state index is 1.03. The van der Waals surface area contributed by atoms with Crippen molar-refractivity contribution in [2.75, 3.05) is 25.5 Å². The molecule has 0 aromatic heterocycles. The molecule has 2 N–H and O–H groups in total. The fraction of sp³-hybridized carbons (Fsp3) is 0.500. The van der Waals surface area contributed by atoms with E-state index in [-0.39, 0.29) is 0 Å². The standard InChI is InChI=1S/C12H20N2/c1-10-7-11(2)9-12(8-10)14-6-4-5-13-3/h7-9,13-14H,4-6H2,1-3H3. The summed E-state index contributed by atoms with van der Waals surface area (Å²) < 4.78 is 0. The number of nitrogens with one attached hydrogen (secondary N) is 2. The van der Waals surface area contributed by atoms with E-state index >= 15 is 0 Å². The van der Waals surface area contributed by atoms with Gasteiger partial charge in [-0.2, -0.15) is 0 Å². The van der Waals surface area contributed by atoms with Crippen LogP contribution in [0.1, 0.15) is 17.5 Å². The Bertz CT molecular complexity index is 261. The molecule has 0 aliphatic rings. The minimum Gasteiger partial charge on any atom is -0.385 e. The van der Waals surface area contributed by atoms with Gasteiger partial charge in [-0.25, -0.2) is 0 Å². The van der Waals surface area contributed by atoms with Gasteiger partial charge >= 0.3 is 0 Å². The van der Waals surface area contributed by atoms with Crippen molar-refractivity contribution in [2.45, 2.75) is 20.3 Å². The minimum absolute atomic E-state index is 1.03. The third kappa shape index (κ3) is 3.79. The quantitative estimate of drug-likeness (QED) is 0.700. The Morgan fingerprint density at radius 2 is 1.64 bits per heavy atom. The monoisotopic (exact) mass is 192 g/mol. The Morgan fingerprint density at radius 3 is 2.21 bits per heavy atom. The van der Waals surface area contributed by atoms with E-state index in [1.54, 1.807) is 0 Å². The maximum atomic E-state index is 3.42. The number of anilines is 1. The highest BCUT2D eigenvalue weighted by Crippen LogP contribution is 2.13. The van der Waals surface area contributed by atoms with Crippen molar-refractivity contribution in [1.29, 1.82) is 0 Å². The molecular weight excluding hydrogens is 172 g/mol. The summed E-state index contributed by atoms with van der Waals surface area (Å²) in [6.45, 7) is 6.36. The third-order valence-corrected chi connectivity index (χ3v) is 2.15. The van der Waals surface area contributed by atoms with E-state index in [9.17, 15) is 0 Å². The molecule has 0 amide bonds. The van der Waals surface area contributed by atoms with Crippen molar-refractivity contribution < 1.29 is 0 Å². The molecule has 0 unspecified atom stereocenters. The van der Waals surface area contributed by atoms with Crippen LogP contribution in [0.5, 0.6) is 0 Å². The number of hydrogen-bond acceptors (Lipinski definition) is 2. The highest BCUT2D eigenvalue weighted by atomic mass is 14.9. The zero-order chi connectivity index (χ0) is 10.4. The van der Waals surface area contributed by atoms with Crippen molar-refractivity contribution in [3.05, 3.63) is 29.3 Å². The molecule has 0 spiro atoms. The van der Waals surface area contributed by atoms with Crippen molar-refractivity contribution in [3.8, 4) is 0 Å². The molecule has 2 nitrogen and oxygen atoms in total. The molecule has 0 atom stereocenters. The molecule has 1 aromatic carbocycles. The van der Waals surface area contributed by atoms with Crippen molar-refractivity contribution in [2.24, 2.45) is 0 Å². The molecule has 0 fully saturated rings. The van der Waals surface area contributed by atoms with Crippen LogP contribution in [-0.4, -0.2) is 20.1 Å². The largest absolute Gasteiger partial charge is 0.385 e. The first-order chi connectivity index (χ1) is 6.72. The highest BCUT2D eigenvalue weighted by Gasteiger charge is 1.94. The van der Waals surface area contributed by atoms with Gasteiger partial charge in [-0.3, -0.25) is 0 Å². The summed E-state index contributed by atoms with van der Waals surface area (Å²) in [7, 11) is 1.98. The fourth-order valence-electron chi connectivity index (χ4n) is 1.57. The summed E-state index contributed by atoms with van der Waals surface area (Å²) in [4.78, 5) is 0. The zero-order valence-corrected chi connectivity index (χ0v) is 9.35. The average molecular weight is 192 g/mol. The van der Waals surface area contributed by atoms with Crippen LogP contribution >= 0.6 is 0 Å². The Balaban J connectivity index is 2.42. The molecule has 0 radical (unpaired) electrons. The van der Waals surface area contributed by atoms with E-state index in [0.29, 0.717) is 0 Å². The van der Waals surface area contributed by atoms with Crippen LogP contribution in [0.15, 0.2) is 18.2 Å². The fourth-order valence-corrected chi connectivity index (χ4v) is 1.57. The third-order valence-electron chi connectivity index (χ3n) is 2.15. The maximum absolute atomic E-state index is 3.42. The summed E-state index contributed by atoms with van der Waals surface area (Å²) in [5.74, 6) is 0. The molecule has 0 aliphatic heterocycles. The molecule has 0 saturated carbocycles. The average Bonchev–Trinajstić information content (AvgIpc) is 2.11. The molecule has 14 heavy (non-hydrogen) atoms. The first kappa shape index (κ1) is 11.1. The molecule has 1 rings (SSSR count). The van der Waals surface area contributed by atoms with E-state index in [0.717, 1.165) is 19.5 Å². The van der Waals surface area contributed by atoms with Gasteiger partial charge in [-0.1, -0.05) is 6.07 Å². The van der Waals surface area contributed by atoms with Gasteiger partial charge in [-0.15, -0.1) is 0 Å². The van der Waals surface area contributed by atoms with Crippen LogP contribution < -0.4 is 10.6 Å². The number of rotatable bonds is 5. The predicted octanol–water partition coefficient (Wildman–Crippen LogP) is 2.32. The normalized spacial score (nSPS) is 10.2. The zero-order valence-electron chi connectivity index (χ0n) is 9.35. The van der Waals surface area contributed by atoms with Gasteiger partial charge < -0.3 is 10.6 Å².